The second-order valence-electron chi connectivity index (χ2n) is 4.11. The normalized spacial score (nSPS) is 19.6. The fraction of sp³-hybridized carbons (Fsp3) is 0.455. The van der Waals surface area contributed by atoms with Gasteiger partial charge in [-0.05, 0) is 18.9 Å². The van der Waals surface area contributed by atoms with Crippen LogP contribution < -0.4 is 10.6 Å². The molecule has 0 saturated carbocycles. The number of pyridine rings is 1. The topological polar surface area (TPSA) is 99.7 Å². The van der Waals surface area contributed by atoms with Gasteiger partial charge < -0.3 is 20.8 Å². The molecule has 0 aromatic carbocycles. The number of carboxylic acid groups (broad SMARTS) is 1. The molecule has 0 aliphatic carbocycles. The summed E-state index contributed by atoms with van der Waals surface area (Å²) in [5, 5.41) is 18.0. The molecule has 4 N–H and O–H groups in total. The molecule has 2 rings (SSSR count). The molecule has 6 heteroatoms. The highest BCUT2D eigenvalue weighted by atomic mass is 16.4. The van der Waals surface area contributed by atoms with Crippen molar-refractivity contribution in [1.82, 2.24) is 4.98 Å². The number of anilines is 2. The van der Waals surface area contributed by atoms with Crippen molar-refractivity contribution in [2.75, 3.05) is 23.8 Å². The number of hydrogen-bond donors (Lipinski definition) is 3. The van der Waals surface area contributed by atoms with Crippen molar-refractivity contribution in [2.45, 2.75) is 18.9 Å². The fourth-order valence-electron chi connectivity index (χ4n) is 2.14. The predicted octanol–water partition coefficient (Wildman–Crippen LogP) is 0.323. The van der Waals surface area contributed by atoms with Crippen LogP contribution in [0.25, 0.3) is 0 Å². The van der Waals surface area contributed by atoms with E-state index in [-0.39, 0.29) is 18.2 Å². The van der Waals surface area contributed by atoms with Crippen molar-refractivity contribution < 1.29 is 15.0 Å². The lowest BCUT2D eigenvalue weighted by Gasteiger charge is -2.25. The highest BCUT2D eigenvalue weighted by molar-refractivity contribution is 5.89. The molecular weight excluding hydrogens is 222 g/mol. The maximum Gasteiger partial charge on any atom is 0.337 e. The lowest BCUT2D eigenvalue weighted by molar-refractivity contribution is 0.0696. The van der Waals surface area contributed by atoms with Crippen molar-refractivity contribution in [3.05, 3.63) is 17.8 Å². The molecule has 92 valence electrons. The molecule has 0 spiro atoms. The molecule has 1 fully saturated rings. The Bertz CT molecular complexity index is 436. The molecule has 1 atom stereocenters. The molecule has 1 saturated heterocycles. The van der Waals surface area contributed by atoms with Crippen LogP contribution in [0.5, 0.6) is 0 Å². The van der Waals surface area contributed by atoms with Crippen LogP contribution in [0.3, 0.4) is 0 Å². The van der Waals surface area contributed by atoms with Gasteiger partial charge in [-0.15, -0.1) is 0 Å². The Morgan fingerprint density at radius 2 is 2.41 bits per heavy atom. The fourth-order valence-corrected chi connectivity index (χ4v) is 2.14. The zero-order valence-corrected chi connectivity index (χ0v) is 9.33. The van der Waals surface area contributed by atoms with E-state index in [4.69, 9.17) is 10.8 Å². The largest absolute Gasteiger partial charge is 0.478 e. The van der Waals surface area contributed by atoms with Crippen molar-refractivity contribution in [3.8, 4) is 0 Å². The predicted molar refractivity (Wildman–Crippen MR) is 63.1 cm³/mol. The Hall–Kier alpha value is -1.82. The Morgan fingerprint density at radius 1 is 1.65 bits per heavy atom. The summed E-state index contributed by atoms with van der Waals surface area (Å²) in [7, 11) is 0. The number of nitrogen functional groups attached to an aromatic ring is 1. The summed E-state index contributed by atoms with van der Waals surface area (Å²) in [6, 6.07) is 1.43. The third-order valence-electron chi connectivity index (χ3n) is 3.00. The molecule has 2 heterocycles. The van der Waals surface area contributed by atoms with Crippen molar-refractivity contribution >= 4 is 17.5 Å². The van der Waals surface area contributed by atoms with E-state index in [2.05, 4.69) is 4.98 Å². The summed E-state index contributed by atoms with van der Waals surface area (Å²) in [4.78, 5) is 16.8. The number of aliphatic hydroxyl groups excluding tert-OH is 1. The average molecular weight is 237 g/mol. The monoisotopic (exact) mass is 237 g/mol. The first-order valence-corrected chi connectivity index (χ1v) is 5.49. The van der Waals surface area contributed by atoms with Crippen LogP contribution in [0.4, 0.5) is 11.5 Å². The third kappa shape index (κ3) is 2.16. The first kappa shape index (κ1) is 11.7. The summed E-state index contributed by atoms with van der Waals surface area (Å²) in [5.41, 5.74) is 6.22. The lowest BCUT2D eigenvalue weighted by Crippen LogP contribution is -2.33. The van der Waals surface area contributed by atoms with Gasteiger partial charge in [0.1, 0.15) is 0 Å². The number of carboxylic acids is 1. The number of carbonyl (C=O) groups is 1. The number of aromatic carboxylic acids is 1. The molecule has 6 nitrogen and oxygen atoms in total. The molecule has 1 aromatic rings. The first-order valence-electron chi connectivity index (χ1n) is 5.49. The van der Waals surface area contributed by atoms with Crippen LogP contribution >= 0.6 is 0 Å². The van der Waals surface area contributed by atoms with Gasteiger partial charge in [0.15, 0.2) is 5.82 Å². The minimum atomic E-state index is -1.05. The number of hydrogen-bond acceptors (Lipinski definition) is 5. The number of aromatic nitrogens is 1. The highest BCUT2D eigenvalue weighted by Gasteiger charge is 2.26. The lowest BCUT2D eigenvalue weighted by atomic mass is 10.2. The van der Waals surface area contributed by atoms with E-state index in [0.29, 0.717) is 11.5 Å². The summed E-state index contributed by atoms with van der Waals surface area (Å²) < 4.78 is 0. The van der Waals surface area contributed by atoms with Crippen LogP contribution in [0, 0.1) is 0 Å². The molecule has 1 aromatic heterocycles. The second kappa shape index (κ2) is 4.58. The van der Waals surface area contributed by atoms with Gasteiger partial charge in [0.2, 0.25) is 0 Å². The highest BCUT2D eigenvalue weighted by Crippen LogP contribution is 2.28. The van der Waals surface area contributed by atoms with Crippen LogP contribution in [0.15, 0.2) is 12.3 Å². The van der Waals surface area contributed by atoms with E-state index in [9.17, 15) is 9.90 Å². The van der Waals surface area contributed by atoms with E-state index in [1.807, 2.05) is 4.90 Å². The van der Waals surface area contributed by atoms with E-state index < -0.39 is 5.97 Å². The van der Waals surface area contributed by atoms with Crippen LogP contribution in [0.2, 0.25) is 0 Å². The van der Waals surface area contributed by atoms with Crippen LogP contribution in [-0.4, -0.2) is 40.4 Å². The van der Waals surface area contributed by atoms with Crippen molar-refractivity contribution in [3.63, 3.8) is 0 Å². The minimum Gasteiger partial charge on any atom is -0.478 e. The molecule has 1 unspecified atom stereocenters. The van der Waals surface area contributed by atoms with Gasteiger partial charge in [-0.25, -0.2) is 9.78 Å². The Kier molecular flexibility index (Phi) is 3.14. The van der Waals surface area contributed by atoms with Crippen molar-refractivity contribution in [2.24, 2.45) is 0 Å². The Balaban J connectivity index is 2.30. The molecule has 1 aliphatic heterocycles. The maximum absolute atomic E-state index is 10.8. The van der Waals surface area contributed by atoms with E-state index in [0.717, 1.165) is 19.4 Å². The average Bonchev–Trinajstić information content (AvgIpc) is 2.76. The second-order valence-corrected chi connectivity index (χ2v) is 4.11. The summed E-state index contributed by atoms with van der Waals surface area (Å²) in [6.07, 6.45) is 3.17. The standard InChI is InChI=1S/C11H15N3O3/c12-9-4-7(11(16)17)5-13-10(9)14-3-1-2-8(14)6-15/h4-5,8,15H,1-3,6,12H2,(H,16,17). The summed E-state index contributed by atoms with van der Waals surface area (Å²) in [5.74, 6) is -0.484. The van der Waals surface area contributed by atoms with Gasteiger partial charge in [-0.1, -0.05) is 0 Å². The number of nitrogens with two attached hydrogens (primary N) is 1. The van der Waals surface area contributed by atoms with Gasteiger partial charge in [0.25, 0.3) is 0 Å². The van der Waals surface area contributed by atoms with Crippen LogP contribution in [-0.2, 0) is 0 Å². The van der Waals surface area contributed by atoms with Gasteiger partial charge in [-0.2, -0.15) is 0 Å². The molecule has 17 heavy (non-hydrogen) atoms. The van der Waals surface area contributed by atoms with Gasteiger partial charge in [0, 0.05) is 12.7 Å². The van der Waals surface area contributed by atoms with Gasteiger partial charge in [-0.3, -0.25) is 0 Å². The van der Waals surface area contributed by atoms with E-state index >= 15 is 0 Å². The molecule has 0 radical (unpaired) electrons. The zero-order chi connectivity index (χ0) is 12.4. The van der Waals surface area contributed by atoms with Gasteiger partial charge >= 0.3 is 5.97 Å². The van der Waals surface area contributed by atoms with E-state index in [1.54, 1.807) is 0 Å². The third-order valence-corrected chi connectivity index (χ3v) is 3.00. The molecule has 1 aliphatic rings. The van der Waals surface area contributed by atoms with Crippen molar-refractivity contribution in [1.29, 1.82) is 0 Å². The number of nitrogens with zero attached hydrogens (tertiary/aromatic N) is 2. The van der Waals surface area contributed by atoms with Gasteiger partial charge in [0.05, 0.1) is 23.9 Å². The molecule has 0 bridgehead atoms. The summed E-state index contributed by atoms with van der Waals surface area (Å²) >= 11 is 0. The Morgan fingerprint density at radius 3 is 3.00 bits per heavy atom. The Labute approximate surface area is 98.7 Å². The summed E-state index contributed by atoms with van der Waals surface area (Å²) in [6.45, 7) is 0.844. The number of aliphatic hydroxyl groups is 1. The quantitative estimate of drug-likeness (QED) is 0.700. The SMILES string of the molecule is Nc1cc(C(=O)O)cnc1N1CCCC1CO. The minimum absolute atomic E-state index is 0.0282. The molecule has 0 amide bonds. The maximum atomic E-state index is 10.8. The number of rotatable bonds is 3. The van der Waals surface area contributed by atoms with E-state index in [1.165, 1.54) is 12.3 Å². The zero-order valence-electron chi connectivity index (χ0n) is 9.33. The van der Waals surface area contributed by atoms with Crippen LogP contribution in [0.1, 0.15) is 23.2 Å². The smallest absolute Gasteiger partial charge is 0.337 e. The first-order chi connectivity index (χ1) is 8.13. The molecular formula is C11H15N3O3.